The van der Waals surface area contributed by atoms with E-state index >= 15 is 0 Å². The van der Waals surface area contributed by atoms with E-state index in [1.54, 1.807) is 31.2 Å². The van der Waals surface area contributed by atoms with Gasteiger partial charge in [0.25, 0.3) is 5.91 Å². The molecule has 0 bridgehead atoms. The molecule has 1 aliphatic heterocycles. The van der Waals surface area contributed by atoms with Crippen LogP contribution in [0.3, 0.4) is 0 Å². The first-order valence-corrected chi connectivity index (χ1v) is 17.8. The van der Waals surface area contributed by atoms with E-state index in [1.165, 1.54) is 38.4 Å². The van der Waals surface area contributed by atoms with Gasteiger partial charge in [0, 0.05) is 24.0 Å². The first-order chi connectivity index (χ1) is 23.0. The standard InChI is InChI=1S/C36H40BFN2O8S/c1-20(23-12-15-29(27(16-23)34(42)45-7)37-47-35(2,3)36(4,5)48-37)40-49(43,44)19-24-17-30-28(18-26(24)21-8-9-21)31(33(41)39-6)32(46-30)22-10-13-25(38)14-11-22/h10-18,20-21,40H,8-9,19H2,1-7H3,(H,39,41). The maximum Gasteiger partial charge on any atom is 0.495 e. The maximum atomic E-state index is 13.7. The Labute approximate surface area is 285 Å². The van der Waals surface area contributed by atoms with Gasteiger partial charge in [0.1, 0.15) is 17.2 Å². The quantitative estimate of drug-likeness (QED) is 0.159. The van der Waals surface area contributed by atoms with Gasteiger partial charge in [-0.15, -0.1) is 0 Å². The highest BCUT2D eigenvalue weighted by Crippen LogP contribution is 2.45. The van der Waals surface area contributed by atoms with Crippen molar-refractivity contribution in [2.75, 3.05) is 14.2 Å². The predicted octanol–water partition coefficient (Wildman–Crippen LogP) is 5.74. The average molecular weight is 691 g/mol. The summed E-state index contributed by atoms with van der Waals surface area (Å²) in [6, 6.07) is 13.5. The maximum absolute atomic E-state index is 13.7. The molecule has 49 heavy (non-hydrogen) atoms. The molecule has 0 spiro atoms. The second-order valence-electron chi connectivity index (χ2n) is 13.7. The Morgan fingerprint density at radius 2 is 1.67 bits per heavy atom. The van der Waals surface area contributed by atoms with Crippen molar-refractivity contribution < 1.29 is 40.9 Å². The summed E-state index contributed by atoms with van der Waals surface area (Å²) < 4.78 is 67.5. The van der Waals surface area contributed by atoms with Crippen molar-refractivity contribution in [1.82, 2.24) is 10.0 Å². The molecule has 1 saturated heterocycles. The van der Waals surface area contributed by atoms with Crippen LogP contribution in [0.2, 0.25) is 0 Å². The summed E-state index contributed by atoms with van der Waals surface area (Å²) in [6.45, 7) is 9.36. The number of benzene rings is 3. The van der Waals surface area contributed by atoms with Crippen molar-refractivity contribution in [3.05, 3.63) is 88.2 Å². The van der Waals surface area contributed by atoms with Gasteiger partial charge in [0.2, 0.25) is 10.0 Å². The Morgan fingerprint density at radius 1 is 1.02 bits per heavy atom. The lowest BCUT2D eigenvalue weighted by molar-refractivity contribution is 0.00578. The number of nitrogens with one attached hydrogen (secondary N) is 2. The number of amides is 1. The number of sulfonamides is 1. The molecule has 1 amide bonds. The first-order valence-electron chi connectivity index (χ1n) is 16.2. The molecule has 258 valence electrons. The third-order valence-electron chi connectivity index (χ3n) is 9.72. The lowest BCUT2D eigenvalue weighted by Crippen LogP contribution is -2.41. The number of carbonyl (C=O) groups is 2. The molecule has 1 atom stereocenters. The van der Waals surface area contributed by atoms with Gasteiger partial charge in [-0.1, -0.05) is 12.1 Å². The van der Waals surface area contributed by atoms with Gasteiger partial charge in [0.15, 0.2) is 0 Å². The third kappa shape index (κ3) is 6.77. The smallest absolute Gasteiger partial charge is 0.465 e. The van der Waals surface area contributed by atoms with Crippen LogP contribution < -0.4 is 15.5 Å². The Kier molecular flexibility index (Phi) is 9.02. The number of fused-ring (bicyclic) bond motifs is 1. The lowest BCUT2D eigenvalue weighted by atomic mass is 9.75. The minimum atomic E-state index is -3.93. The van der Waals surface area contributed by atoms with Crippen molar-refractivity contribution in [2.45, 2.75) is 76.4 Å². The summed E-state index contributed by atoms with van der Waals surface area (Å²) in [5.74, 6) is -1.30. The molecule has 0 radical (unpaired) electrons. The molecule has 2 N–H and O–H groups in total. The number of esters is 1. The van der Waals surface area contributed by atoms with E-state index in [-0.39, 0.29) is 28.9 Å². The highest BCUT2D eigenvalue weighted by molar-refractivity contribution is 7.88. The van der Waals surface area contributed by atoms with Gasteiger partial charge in [-0.05, 0) is 118 Å². The van der Waals surface area contributed by atoms with E-state index in [0.29, 0.717) is 38.7 Å². The van der Waals surface area contributed by atoms with Crippen LogP contribution in [-0.4, -0.2) is 52.8 Å². The molecule has 4 aromatic rings. The van der Waals surface area contributed by atoms with Gasteiger partial charge >= 0.3 is 13.1 Å². The Balaban J connectivity index is 1.31. The van der Waals surface area contributed by atoms with Gasteiger partial charge in [0.05, 0.1) is 35.2 Å². The van der Waals surface area contributed by atoms with Gasteiger partial charge in [-0.25, -0.2) is 22.3 Å². The van der Waals surface area contributed by atoms with E-state index in [2.05, 4.69) is 10.0 Å². The fourth-order valence-electron chi connectivity index (χ4n) is 6.15. The van der Waals surface area contributed by atoms with Crippen molar-refractivity contribution in [3.8, 4) is 11.3 Å². The molecule has 1 aromatic heterocycles. The number of furan rings is 1. The number of methoxy groups -OCH3 is 1. The van der Waals surface area contributed by atoms with Crippen LogP contribution in [0.5, 0.6) is 0 Å². The zero-order valence-corrected chi connectivity index (χ0v) is 29.4. The molecular weight excluding hydrogens is 650 g/mol. The summed E-state index contributed by atoms with van der Waals surface area (Å²) >= 11 is 0. The molecule has 6 rings (SSSR count). The average Bonchev–Trinajstić information content (AvgIpc) is 3.78. The fourth-order valence-corrected chi connectivity index (χ4v) is 7.56. The molecule has 1 saturated carbocycles. The van der Waals surface area contributed by atoms with Crippen molar-refractivity contribution >= 4 is 45.5 Å². The number of carbonyl (C=O) groups excluding carboxylic acids is 2. The Morgan fingerprint density at radius 3 is 2.27 bits per heavy atom. The second kappa shape index (κ2) is 12.7. The first kappa shape index (κ1) is 34.8. The fraction of sp³-hybridized carbons (Fsp3) is 0.389. The Bertz CT molecular complexity index is 2040. The number of hydrogen-bond acceptors (Lipinski definition) is 8. The molecule has 1 unspecified atom stereocenters. The van der Waals surface area contributed by atoms with E-state index in [9.17, 15) is 22.4 Å². The van der Waals surface area contributed by atoms with E-state index in [4.69, 9.17) is 18.5 Å². The molecule has 2 aliphatic rings. The van der Waals surface area contributed by atoms with E-state index < -0.39 is 46.2 Å². The summed E-state index contributed by atoms with van der Waals surface area (Å²) in [5.41, 5.74) is 2.56. The molecule has 2 fully saturated rings. The normalized spacial score (nSPS) is 17.7. The highest BCUT2D eigenvalue weighted by Gasteiger charge is 2.52. The Hall–Kier alpha value is -4.04. The van der Waals surface area contributed by atoms with Crippen LogP contribution in [0.1, 0.15) is 96.8 Å². The van der Waals surface area contributed by atoms with Gasteiger partial charge in [-0.3, -0.25) is 4.79 Å². The summed E-state index contributed by atoms with van der Waals surface area (Å²) in [4.78, 5) is 26.0. The van der Waals surface area contributed by atoms with Crippen LogP contribution >= 0.6 is 0 Å². The monoisotopic (exact) mass is 690 g/mol. The molecule has 2 heterocycles. The highest BCUT2D eigenvalue weighted by atomic mass is 32.2. The molecule has 3 aromatic carbocycles. The van der Waals surface area contributed by atoms with Crippen molar-refractivity contribution in [3.63, 3.8) is 0 Å². The van der Waals surface area contributed by atoms with Crippen molar-refractivity contribution in [1.29, 1.82) is 0 Å². The SMILES string of the molecule is CNC(=O)c1c(-c2ccc(F)cc2)oc2cc(CS(=O)(=O)NC(C)c3ccc(B4OC(C)(C)C(C)(C)O4)c(C(=O)OC)c3)c(C3CC3)cc12. The zero-order valence-electron chi connectivity index (χ0n) is 28.6. The summed E-state index contributed by atoms with van der Waals surface area (Å²) in [5, 5.41) is 3.21. The predicted molar refractivity (Wildman–Crippen MR) is 185 cm³/mol. The molecule has 1 aliphatic carbocycles. The van der Waals surface area contributed by atoms with Crippen LogP contribution in [0.4, 0.5) is 4.39 Å². The van der Waals surface area contributed by atoms with Crippen LogP contribution in [0.25, 0.3) is 22.3 Å². The largest absolute Gasteiger partial charge is 0.495 e. The summed E-state index contributed by atoms with van der Waals surface area (Å²) in [6.07, 6.45) is 1.79. The molecule has 10 nitrogen and oxygen atoms in total. The number of halogens is 1. The number of ether oxygens (including phenoxy) is 1. The summed E-state index contributed by atoms with van der Waals surface area (Å²) in [7, 11) is -1.95. The van der Waals surface area contributed by atoms with Crippen LogP contribution in [0, 0.1) is 5.82 Å². The zero-order chi connectivity index (χ0) is 35.5. The number of rotatable bonds is 10. The van der Waals surface area contributed by atoms with E-state index in [0.717, 1.165) is 18.4 Å². The van der Waals surface area contributed by atoms with Gasteiger partial charge in [-0.2, -0.15) is 0 Å². The molecular formula is C36H40BFN2O8S. The molecule has 13 heteroatoms. The van der Waals surface area contributed by atoms with Crippen LogP contribution in [-0.2, 0) is 29.8 Å². The van der Waals surface area contributed by atoms with Crippen molar-refractivity contribution in [2.24, 2.45) is 0 Å². The van der Waals surface area contributed by atoms with E-state index in [1.807, 2.05) is 33.8 Å². The third-order valence-corrected chi connectivity index (χ3v) is 11.1. The second-order valence-corrected chi connectivity index (χ2v) is 15.5. The lowest BCUT2D eigenvalue weighted by Gasteiger charge is -2.32. The van der Waals surface area contributed by atoms with Gasteiger partial charge < -0.3 is 23.8 Å². The minimum absolute atomic E-state index is 0.152. The van der Waals surface area contributed by atoms with Crippen LogP contribution in [0.15, 0.2) is 59.0 Å². The topological polar surface area (TPSA) is 133 Å². The number of hydrogen-bond donors (Lipinski definition) is 2. The minimum Gasteiger partial charge on any atom is -0.465 e.